The molecule has 3 aromatic carbocycles. The summed E-state index contributed by atoms with van der Waals surface area (Å²) in [7, 11) is 0. The van der Waals surface area contributed by atoms with Gasteiger partial charge in [-0.3, -0.25) is 14.5 Å². The van der Waals surface area contributed by atoms with Crippen molar-refractivity contribution in [3.8, 4) is 5.75 Å². The number of rotatable bonds is 6. The number of thiocarbonyl (C=S) groups is 1. The topological polar surface area (TPSA) is 58.6 Å². The number of hydrogen-bond donors (Lipinski definition) is 1. The van der Waals surface area contributed by atoms with E-state index in [1.165, 1.54) is 11.8 Å². The number of halogens is 1. The quantitative estimate of drug-likeness (QED) is 0.300. The number of ether oxygens (including phenoxy) is 1. The van der Waals surface area contributed by atoms with Crippen LogP contribution in [0.15, 0.2) is 82.2 Å². The minimum atomic E-state index is -0.262. The van der Waals surface area contributed by atoms with Gasteiger partial charge in [-0.15, -0.1) is 0 Å². The number of benzene rings is 3. The molecule has 1 saturated heterocycles. The Kier molecular flexibility index (Phi) is 7.27. The van der Waals surface area contributed by atoms with Crippen LogP contribution in [-0.2, 0) is 9.59 Å². The highest BCUT2D eigenvalue weighted by molar-refractivity contribution is 9.10. The predicted octanol–water partition coefficient (Wildman–Crippen LogP) is 6.18. The molecule has 1 N–H and O–H groups in total. The average molecular weight is 539 g/mol. The number of para-hydroxylation sites is 1. The molecule has 0 aliphatic carbocycles. The summed E-state index contributed by atoms with van der Waals surface area (Å²) in [5, 5.41) is 2.78. The van der Waals surface area contributed by atoms with Crippen LogP contribution in [0.25, 0.3) is 6.08 Å². The van der Waals surface area contributed by atoms with E-state index in [9.17, 15) is 9.59 Å². The maximum absolute atomic E-state index is 13.0. The van der Waals surface area contributed by atoms with Crippen LogP contribution in [0.3, 0.4) is 0 Å². The Bertz CT molecular complexity index is 1260. The maximum Gasteiger partial charge on any atom is 0.270 e. The van der Waals surface area contributed by atoms with E-state index in [1.54, 1.807) is 35.2 Å². The largest absolute Gasteiger partial charge is 0.484 e. The van der Waals surface area contributed by atoms with Crippen LogP contribution in [0.1, 0.15) is 11.1 Å². The lowest BCUT2D eigenvalue weighted by Gasteiger charge is -2.16. The van der Waals surface area contributed by atoms with Crippen molar-refractivity contribution >= 4 is 73.5 Å². The Hall–Kier alpha value is -2.94. The lowest BCUT2D eigenvalue weighted by molar-refractivity contribution is -0.118. The smallest absolute Gasteiger partial charge is 0.270 e. The van der Waals surface area contributed by atoms with Gasteiger partial charge in [-0.1, -0.05) is 70.2 Å². The molecule has 2 amide bonds. The minimum Gasteiger partial charge on any atom is -0.484 e. The van der Waals surface area contributed by atoms with Crippen molar-refractivity contribution in [2.75, 3.05) is 16.8 Å². The first-order chi connectivity index (χ1) is 15.9. The van der Waals surface area contributed by atoms with E-state index in [1.807, 2.05) is 55.5 Å². The number of nitrogens with zero attached hydrogens (tertiary/aromatic N) is 1. The van der Waals surface area contributed by atoms with Crippen molar-refractivity contribution in [3.63, 3.8) is 0 Å². The molecule has 3 aromatic rings. The van der Waals surface area contributed by atoms with Crippen molar-refractivity contribution in [2.24, 2.45) is 0 Å². The molecule has 0 saturated carbocycles. The third-order valence-corrected chi connectivity index (χ3v) is 6.63. The molecule has 0 atom stereocenters. The van der Waals surface area contributed by atoms with Crippen molar-refractivity contribution in [3.05, 3.63) is 93.3 Å². The fourth-order valence-electron chi connectivity index (χ4n) is 3.21. The minimum absolute atomic E-state index is 0.130. The van der Waals surface area contributed by atoms with Crippen LogP contribution in [0, 0.1) is 6.92 Å². The summed E-state index contributed by atoms with van der Waals surface area (Å²) in [4.78, 5) is 27.3. The number of carbonyl (C=O) groups excluding carboxylic acids is 2. The lowest BCUT2D eigenvalue weighted by atomic mass is 10.1. The molecular weight excluding hydrogens is 520 g/mol. The summed E-state index contributed by atoms with van der Waals surface area (Å²) < 4.78 is 7.08. The summed E-state index contributed by atoms with van der Waals surface area (Å²) in [6.07, 6.45) is 1.78. The molecule has 1 aliphatic rings. The first-order valence-electron chi connectivity index (χ1n) is 10.0. The number of thioether (sulfide) groups is 1. The predicted molar refractivity (Wildman–Crippen MR) is 142 cm³/mol. The van der Waals surface area contributed by atoms with Crippen molar-refractivity contribution < 1.29 is 14.3 Å². The molecule has 1 heterocycles. The number of amides is 2. The molecule has 0 spiro atoms. The van der Waals surface area contributed by atoms with E-state index in [4.69, 9.17) is 17.0 Å². The summed E-state index contributed by atoms with van der Waals surface area (Å²) >= 11 is 10.1. The fraction of sp³-hybridized carbons (Fsp3) is 0.0800. The molecule has 0 unspecified atom stereocenters. The van der Waals surface area contributed by atoms with Crippen LogP contribution in [0.5, 0.6) is 5.75 Å². The van der Waals surface area contributed by atoms with Crippen LogP contribution in [0.4, 0.5) is 11.4 Å². The molecule has 0 bridgehead atoms. The summed E-state index contributed by atoms with van der Waals surface area (Å²) in [5.74, 6) is 0.116. The average Bonchev–Trinajstić information content (AvgIpc) is 3.07. The van der Waals surface area contributed by atoms with Gasteiger partial charge in [0.05, 0.1) is 10.6 Å². The lowest BCUT2D eigenvalue weighted by Crippen LogP contribution is -2.28. The molecule has 8 heteroatoms. The normalized spacial score (nSPS) is 14.6. The number of anilines is 2. The third kappa shape index (κ3) is 5.71. The standard InChI is InChI=1S/C25H19BrN2O3S2/c1-16-5-2-3-8-21(16)28-24(30)22(33-25(28)32)14-17-6-4-7-20(13-17)31-15-23(29)27-19-11-9-18(26)10-12-19/h2-14H,15H2,1H3,(H,27,29)/b22-14-. The highest BCUT2D eigenvalue weighted by atomic mass is 79.9. The molecule has 33 heavy (non-hydrogen) atoms. The Morgan fingerprint density at radius 1 is 1.12 bits per heavy atom. The van der Waals surface area contributed by atoms with Crippen LogP contribution in [-0.4, -0.2) is 22.7 Å². The Labute approximate surface area is 210 Å². The monoisotopic (exact) mass is 538 g/mol. The highest BCUT2D eigenvalue weighted by Gasteiger charge is 2.33. The van der Waals surface area contributed by atoms with Gasteiger partial charge in [0, 0.05) is 10.2 Å². The van der Waals surface area contributed by atoms with Gasteiger partial charge in [0.25, 0.3) is 11.8 Å². The first kappa shape index (κ1) is 23.2. The fourth-order valence-corrected chi connectivity index (χ4v) is 4.76. The summed E-state index contributed by atoms with van der Waals surface area (Å²) in [5.41, 5.74) is 3.24. The van der Waals surface area contributed by atoms with Gasteiger partial charge >= 0.3 is 0 Å². The van der Waals surface area contributed by atoms with Crippen molar-refractivity contribution in [2.45, 2.75) is 6.92 Å². The Morgan fingerprint density at radius 2 is 1.88 bits per heavy atom. The van der Waals surface area contributed by atoms with E-state index >= 15 is 0 Å². The van der Waals surface area contributed by atoms with E-state index in [0.717, 1.165) is 21.3 Å². The van der Waals surface area contributed by atoms with Crippen molar-refractivity contribution in [1.29, 1.82) is 0 Å². The van der Waals surface area contributed by atoms with Crippen LogP contribution < -0.4 is 15.0 Å². The molecule has 1 aliphatic heterocycles. The van der Waals surface area contributed by atoms with Gasteiger partial charge in [0.1, 0.15) is 5.75 Å². The molecule has 1 fully saturated rings. The third-order valence-electron chi connectivity index (χ3n) is 4.80. The molecule has 166 valence electrons. The van der Waals surface area contributed by atoms with Gasteiger partial charge in [-0.05, 0) is 66.6 Å². The second kappa shape index (κ2) is 10.3. The SMILES string of the molecule is Cc1ccccc1N1C(=O)/C(=C/c2cccc(OCC(=O)Nc3ccc(Br)cc3)c2)SC1=S. The molecular formula is C25H19BrN2O3S2. The van der Waals surface area contributed by atoms with E-state index in [-0.39, 0.29) is 18.4 Å². The second-order valence-corrected chi connectivity index (χ2v) is 9.81. The number of nitrogens with one attached hydrogen (secondary N) is 1. The number of carbonyl (C=O) groups is 2. The second-order valence-electron chi connectivity index (χ2n) is 7.22. The number of aryl methyl sites for hydroxylation is 1. The molecule has 0 radical (unpaired) electrons. The maximum atomic E-state index is 13.0. The number of hydrogen-bond acceptors (Lipinski definition) is 5. The van der Waals surface area contributed by atoms with Gasteiger partial charge in [0.2, 0.25) is 0 Å². The Morgan fingerprint density at radius 3 is 2.64 bits per heavy atom. The van der Waals surface area contributed by atoms with Gasteiger partial charge in [-0.25, -0.2) is 0 Å². The van der Waals surface area contributed by atoms with Gasteiger partial charge in [0.15, 0.2) is 10.9 Å². The molecule has 0 aromatic heterocycles. The van der Waals surface area contributed by atoms with Crippen LogP contribution >= 0.6 is 39.9 Å². The molecule has 4 rings (SSSR count). The summed E-state index contributed by atoms with van der Waals surface area (Å²) in [6, 6.07) is 22.2. The van der Waals surface area contributed by atoms with Crippen molar-refractivity contribution in [1.82, 2.24) is 0 Å². The van der Waals surface area contributed by atoms with E-state index in [0.29, 0.717) is 20.7 Å². The first-order valence-corrected chi connectivity index (χ1v) is 12.0. The summed E-state index contributed by atoms with van der Waals surface area (Å²) in [6.45, 7) is 1.82. The van der Waals surface area contributed by atoms with Crippen LogP contribution in [0.2, 0.25) is 0 Å². The highest BCUT2D eigenvalue weighted by Crippen LogP contribution is 2.37. The van der Waals surface area contributed by atoms with Gasteiger partial charge in [-0.2, -0.15) is 0 Å². The zero-order chi connectivity index (χ0) is 23.4. The molecule has 5 nitrogen and oxygen atoms in total. The van der Waals surface area contributed by atoms with E-state index < -0.39 is 0 Å². The zero-order valence-electron chi connectivity index (χ0n) is 17.6. The Balaban J connectivity index is 1.43. The van der Waals surface area contributed by atoms with Gasteiger partial charge < -0.3 is 10.1 Å². The zero-order valence-corrected chi connectivity index (χ0v) is 20.8. The van der Waals surface area contributed by atoms with E-state index in [2.05, 4.69) is 21.2 Å².